The Bertz CT molecular complexity index is 410. The van der Waals surface area contributed by atoms with Gasteiger partial charge in [0.25, 0.3) is 0 Å². The third kappa shape index (κ3) is 12.0. The van der Waals surface area contributed by atoms with Crippen LogP contribution in [0.4, 0.5) is 48.7 Å². The van der Waals surface area contributed by atoms with Crippen LogP contribution in [-0.2, 0) is 39.1 Å². The lowest BCUT2D eigenvalue weighted by Gasteiger charge is -2.19. The third-order valence-corrected chi connectivity index (χ3v) is 0.909. The lowest BCUT2D eigenvalue weighted by atomic mass is 11.2. The molecular formula is C5F10O9. The fourth-order valence-electron chi connectivity index (χ4n) is 0.413. The Balaban J connectivity index is 4.35. The van der Waals surface area contributed by atoms with Crippen LogP contribution >= 0.6 is 0 Å². The Morgan fingerprint density at radius 1 is 0.542 bits per heavy atom. The van der Waals surface area contributed by atoms with Crippen LogP contribution < -0.4 is 0 Å². The summed E-state index contributed by atoms with van der Waals surface area (Å²) in [6.07, 6.45) is -25.5. The van der Waals surface area contributed by atoms with Gasteiger partial charge in [0.2, 0.25) is 0 Å². The lowest BCUT2D eigenvalue weighted by Crippen LogP contribution is -2.37. The van der Waals surface area contributed by atoms with Gasteiger partial charge in [-0.05, 0) is 0 Å². The van der Waals surface area contributed by atoms with E-state index in [4.69, 9.17) is 0 Å². The maximum absolute atomic E-state index is 12.4. The third-order valence-electron chi connectivity index (χ3n) is 0.909. The monoisotopic (exact) mass is 395 g/mol. The first-order valence-corrected chi connectivity index (χ1v) is 4.39. The van der Waals surface area contributed by atoms with Crippen molar-refractivity contribution in [2.45, 2.75) is 25.2 Å². The van der Waals surface area contributed by atoms with E-state index in [1.165, 1.54) is 0 Å². The van der Waals surface area contributed by atoms with Crippen LogP contribution in [0.5, 0.6) is 0 Å². The first-order valence-electron chi connectivity index (χ1n) is 4.39. The quantitative estimate of drug-likeness (QED) is 0.138. The first kappa shape index (κ1) is 22.5. The number of alkyl halides is 9. The Labute approximate surface area is 121 Å². The number of carbonyl (C=O) groups excluding carboxylic acids is 1. The van der Waals surface area contributed by atoms with Gasteiger partial charge >= 0.3 is 31.5 Å². The minimum atomic E-state index is -5.80. The maximum Gasteiger partial charge on any atom is 0.549 e. The van der Waals surface area contributed by atoms with Gasteiger partial charge in [-0.2, -0.15) is 0 Å². The summed E-state index contributed by atoms with van der Waals surface area (Å²) in [7, 11) is 0. The number of rotatable bonds is 10. The summed E-state index contributed by atoms with van der Waals surface area (Å²) in [6.45, 7) is 0. The summed E-state index contributed by atoms with van der Waals surface area (Å²) in [5.41, 5.74) is 0. The zero-order chi connectivity index (χ0) is 19.2. The molecule has 0 aromatic heterocycles. The molecule has 0 amide bonds. The SMILES string of the molecule is O=C(F)OOC(F)(F)OOC(F)(F)OOC(F)(F)OO[13C](F)(F)F. The molecular weight excluding hydrogens is 395 g/mol. The molecule has 0 aliphatic heterocycles. The van der Waals surface area contributed by atoms with Gasteiger partial charge in [-0.25, -0.2) is 4.79 Å². The zero-order valence-corrected chi connectivity index (χ0v) is 9.95. The van der Waals surface area contributed by atoms with Crippen molar-refractivity contribution in [3.8, 4) is 0 Å². The van der Waals surface area contributed by atoms with Crippen molar-refractivity contribution in [3.05, 3.63) is 0 Å². The van der Waals surface area contributed by atoms with E-state index in [0.29, 0.717) is 0 Å². The Morgan fingerprint density at radius 2 is 0.833 bits per heavy atom. The maximum atomic E-state index is 12.4. The Hall–Kier alpha value is -1.51. The van der Waals surface area contributed by atoms with Crippen LogP contribution in [0.2, 0.25) is 0 Å². The fraction of sp³-hybridized carbons (Fsp3) is 0.800. The topological polar surface area (TPSA) is 90.9 Å². The highest BCUT2D eigenvalue weighted by molar-refractivity contribution is 5.56. The van der Waals surface area contributed by atoms with Gasteiger partial charge < -0.3 is 0 Å². The molecule has 24 heavy (non-hydrogen) atoms. The van der Waals surface area contributed by atoms with Crippen molar-refractivity contribution in [2.75, 3.05) is 0 Å². The summed E-state index contributed by atoms with van der Waals surface area (Å²) in [5, 5.41) is 0. The smallest absolute Gasteiger partial charge is 0.257 e. The highest BCUT2D eigenvalue weighted by atomic mass is 19.5. The van der Waals surface area contributed by atoms with Gasteiger partial charge in [0, 0.05) is 0 Å². The van der Waals surface area contributed by atoms with E-state index in [0.717, 1.165) is 0 Å². The molecule has 0 saturated heterocycles. The largest absolute Gasteiger partial charge is 0.549 e. The second-order valence-electron chi connectivity index (χ2n) is 2.74. The average Bonchev–Trinajstić information content (AvgIpc) is 2.39. The van der Waals surface area contributed by atoms with Crippen molar-refractivity contribution in [1.82, 2.24) is 0 Å². The van der Waals surface area contributed by atoms with Crippen LogP contribution in [0.15, 0.2) is 0 Å². The molecule has 0 aliphatic carbocycles. The first-order chi connectivity index (χ1) is 10.5. The average molecular weight is 395 g/mol. The number of halogens is 10. The molecule has 0 aromatic carbocycles. The number of carbonyl (C=O) groups is 1. The van der Waals surface area contributed by atoms with Crippen LogP contribution in [0.1, 0.15) is 0 Å². The summed E-state index contributed by atoms with van der Waals surface area (Å²) < 4.78 is 119. The molecule has 0 unspecified atom stereocenters. The Kier molecular flexibility index (Phi) is 7.54. The van der Waals surface area contributed by atoms with Crippen molar-refractivity contribution in [1.29, 1.82) is 0 Å². The Morgan fingerprint density at radius 3 is 1.12 bits per heavy atom. The molecule has 0 heterocycles. The molecule has 0 aliphatic rings. The van der Waals surface area contributed by atoms with Crippen LogP contribution in [0.25, 0.3) is 0 Å². The molecule has 19 heteroatoms. The standard InChI is InChI=1S/C5F10O9/c6-1(16)17-19-3(10,11)21-23-5(14,15)24-22-4(12,13)20-18-2(7,8)9/i2+1. The zero-order valence-electron chi connectivity index (χ0n) is 9.95. The van der Waals surface area contributed by atoms with Gasteiger partial charge in [0.05, 0.1) is 0 Å². The molecule has 0 bridgehead atoms. The minimum absolute atomic E-state index is 2.03. The van der Waals surface area contributed by atoms with Crippen LogP contribution in [0.3, 0.4) is 0 Å². The molecule has 144 valence electrons. The van der Waals surface area contributed by atoms with Gasteiger partial charge in [-0.3, -0.25) is 4.89 Å². The molecule has 0 saturated carbocycles. The van der Waals surface area contributed by atoms with E-state index < -0.39 is 31.5 Å². The second-order valence-corrected chi connectivity index (χ2v) is 2.74. The molecule has 0 radical (unpaired) electrons. The van der Waals surface area contributed by atoms with E-state index in [9.17, 15) is 48.7 Å². The highest BCUT2D eigenvalue weighted by Crippen LogP contribution is 2.30. The van der Waals surface area contributed by atoms with Crippen molar-refractivity contribution >= 4 is 6.22 Å². The van der Waals surface area contributed by atoms with Crippen LogP contribution in [0, 0.1) is 0 Å². The second kappa shape index (κ2) is 8.04. The molecule has 0 rings (SSSR count). The summed E-state index contributed by atoms with van der Waals surface area (Å²) in [5.74, 6) is 0. The summed E-state index contributed by atoms with van der Waals surface area (Å²) in [6, 6.07) is 0. The molecule has 0 fully saturated rings. The highest BCUT2D eigenvalue weighted by Gasteiger charge is 2.50. The van der Waals surface area contributed by atoms with Crippen LogP contribution in [-0.4, -0.2) is 31.5 Å². The van der Waals surface area contributed by atoms with Crippen molar-refractivity contribution < 1.29 is 87.8 Å². The number of hydrogen-bond donors (Lipinski definition) is 0. The van der Waals surface area contributed by atoms with Gasteiger partial charge in [0.15, 0.2) is 0 Å². The predicted octanol–water partition coefficient (Wildman–Crippen LogP) is 3.04. The molecule has 0 aromatic rings. The summed E-state index contributed by atoms with van der Waals surface area (Å²) >= 11 is 0. The summed E-state index contributed by atoms with van der Waals surface area (Å²) in [4.78, 5) is 27.9. The molecule has 0 N–H and O–H groups in total. The van der Waals surface area contributed by atoms with E-state index in [1.54, 1.807) is 0 Å². The van der Waals surface area contributed by atoms with Gasteiger partial charge in [-0.1, -0.05) is 4.89 Å². The molecule has 0 atom stereocenters. The minimum Gasteiger partial charge on any atom is -0.257 e. The van der Waals surface area contributed by atoms with Gasteiger partial charge in [-0.15, -0.1) is 73.2 Å². The van der Waals surface area contributed by atoms with E-state index in [-0.39, 0.29) is 0 Å². The molecule has 9 nitrogen and oxygen atoms in total. The van der Waals surface area contributed by atoms with E-state index >= 15 is 0 Å². The molecule has 0 spiro atoms. The predicted molar refractivity (Wildman–Crippen MR) is 36.1 cm³/mol. The number of hydrogen-bond acceptors (Lipinski definition) is 9. The van der Waals surface area contributed by atoms with Gasteiger partial charge in [0.1, 0.15) is 0 Å². The lowest BCUT2D eigenvalue weighted by molar-refractivity contribution is -0.706. The van der Waals surface area contributed by atoms with Crippen molar-refractivity contribution in [3.63, 3.8) is 0 Å². The van der Waals surface area contributed by atoms with E-state index in [1.807, 2.05) is 4.89 Å². The van der Waals surface area contributed by atoms with Crippen molar-refractivity contribution in [2.24, 2.45) is 0 Å². The van der Waals surface area contributed by atoms with E-state index in [2.05, 4.69) is 34.2 Å². The fourth-order valence-corrected chi connectivity index (χ4v) is 0.413. The normalized spacial score (nSPS) is 13.9.